The number of hydrogen-bond donors (Lipinski definition) is 1. The second-order valence-electron chi connectivity index (χ2n) is 5.50. The van der Waals surface area contributed by atoms with Crippen LogP contribution < -0.4 is 5.32 Å². The van der Waals surface area contributed by atoms with Gasteiger partial charge in [-0.15, -0.1) is 12.4 Å². The molecule has 1 N–H and O–H groups in total. The molecule has 112 valence electrons. The van der Waals surface area contributed by atoms with Gasteiger partial charge in [-0.2, -0.15) is 0 Å². The number of alkyl halides is 2. The van der Waals surface area contributed by atoms with Gasteiger partial charge in [-0.25, -0.2) is 8.78 Å². The number of halogens is 3. The highest BCUT2D eigenvalue weighted by atomic mass is 35.5. The van der Waals surface area contributed by atoms with Gasteiger partial charge in [-0.05, 0) is 38.8 Å². The molecule has 0 aromatic heterocycles. The zero-order valence-electron chi connectivity index (χ0n) is 11.1. The van der Waals surface area contributed by atoms with Gasteiger partial charge in [0.1, 0.15) is 0 Å². The SMILES string of the molecule is Cl.O=C(CN1CCC(C(F)F)CC1)NC1CCCC1. The van der Waals surface area contributed by atoms with Crippen molar-refractivity contribution in [1.29, 1.82) is 0 Å². The van der Waals surface area contributed by atoms with E-state index in [4.69, 9.17) is 0 Å². The summed E-state index contributed by atoms with van der Waals surface area (Å²) in [6.45, 7) is 1.60. The molecule has 2 fully saturated rings. The van der Waals surface area contributed by atoms with Crippen LogP contribution in [0.15, 0.2) is 0 Å². The van der Waals surface area contributed by atoms with E-state index in [1.165, 1.54) is 12.8 Å². The first kappa shape index (κ1) is 16.6. The Labute approximate surface area is 119 Å². The molecule has 0 aromatic rings. The Morgan fingerprint density at radius 3 is 2.26 bits per heavy atom. The van der Waals surface area contributed by atoms with Crippen molar-refractivity contribution in [1.82, 2.24) is 10.2 Å². The van der Waals surface area contributed by atoms with Crippen LogP contribution in [-0.4, -0.2) is 42.9 Å². The molecule has 0 atom stereocenters. The lowest BCUT2D eigenvalue weighted by Gasteiger charge is -2.31. The standard InChI is InChI=1S/C13H22F2N2O.ClH/c14-13(15)10-5-7-17(8-6-10)9-12(18)16-11-3-1-2-4-11;/h10-11,13H,1-9H2,(H,16,18);1H. The van der Waals surface area contributed by atoms with Crippen LogP contribution in [0.5, 0.6) is 0 Å². The van der Waals surface area contributed by atoms with Gasteiger partial charge in [0.15, 0.2) is 0 Å². The topological polar surface area (TPSA) is 32.3 Å². The van der Waals surface area contributed by atoms with Crippen LogP contribution in [0.4, 0.5) is 8.78 Å². The lowest BCUT2D eigenvalue weighted by atomic mass is 9.97. The summed E-state index contributed by atoms with van der Waals surface area (Å²) in [7, 11) is 0. The molecule has 6 heteroatoms. The average Bonchev–Trinajstić information content (AvgIpc) is 2.82. The zero-order chi connectivity index (χ0) is 13.0. The predicted molar refractivity (Wildman–Crippen MR) is 72.8 cm³/mol. The maximum atomic E-state index is 12.5. The first-order valence-corrected chi connectivity index (χ1v) is 6.95. The Morgan fingerprint density at radius 2 is 1.74 bits per heavy atom. The molecular weight excluding hydrogens is 274 g/mol. The maximum absolute atomic E-state index is 12.5. The van der Waals surface area contributed by atoms with Gasteiger partial charge in [-0.1, -0.05) is 12.8 Å². The Morgan fingerprint density at radius 1 is 1.16 bits per heavy atom. The van der Waals surface area contributed by atoms with E-state index >= 15 is 0 Å². The van der Waals surface area contributed by atoms with Crippen molar-refractivity contribution in [3.8, 4) is 0 Å². The average molecular weight is 297 g/mol. The van der Waals surface area contributed by atoms with E-state index in [9.17, 15) is 13.6 Å². The Kier molecular flexibility index (Phi) is 7.00. The van der Waals surface area contributed by atoms with Gasteiger partial charge in [0.05, 0.1) is 6.54 Å². The van der Waals surface area contributed by atoms with E-state index in [0.29, 0.717) is 38.5 Å². The van der Waals surface area contributed by atoms with E-state index in [0.717, 1.165) is 12.8 Å². The molecule has 0 aromatic carbocycles. The van der Waals surface area contributed by atoms with E-state index < -0.39 is 12.3 Å². The molecule has 3 nitrogen and oxygen atoms in total. The number of nitrogens with one attached hydrogen (secondary N) is 1. The van der Waals surface area contributed by atoms with E-state index in [1.54, 1.807) is 0 Å². The fourth-order valence-electron chi connectivity index (χ4n) is 2.91. The van der Waals surface area contributed by atoms with Crippen molar-refractivity contribution in [2.24, 2.45) is 5.92 Å². The number of nitrogens with zero attached hydrogens (tertiary/aromatic N) is 1. The van der Waals surface area contributed by atoms with Crippen LogP contribution in [0, 0.1) is 5.92 Å². The molecule has 0 bridgehead atoms. The molecule has 2 rings (SSSR count). The van der Waals surface area contributed by atoms with Crippen LogP contribution in [-0.2, 0) is 4.79 Å². The molecule has 1 aliphatic carbocycles. The summed E-state index contributed by atoms with van der Waals surface area (Å²) in [5.74, 6) is -0.420. The lowest BCUT2D eigenvalue weighted by molar-refractivity contribution is -0.123. The number of piperidine rings is 1. The van der Waals surface area contributed by atoms with Gasteiger partial charge in [-0.3, -0.25) is 9.69 Å². The molecular formula is C13H23ClF2N2O. The van der Waals surface area contributed by atoms with Crippen molar-refractivity contribution in [3.05, 3.63) is 0 Å². The summed E-state index contributed by atoms with van der Waals surface area (Å²) in [6, 6.07) is 0.344. The second kappa shape index (κ2) is 8.00. The highest BCUT2D eigenvalue weighted by Crippen LogP contribution is 2.23. The van der Waals surface area contributed by atoms with Gasteiger partial charge >= 0.3 is 0 Å². The second-order valence-corrected chi connectivity index (χ2v) is 5.50. The number of amides is 1. The maximum Gasteiger partial charge on any atom is 0.241 e. The zero-order valence-corrected chi connectivity index (χ0v) is 11.9. The van der Waals surface area contributed by atoms with Crippen LogP contribution in [0.2, 0.25) is 0 Å². The molecule has 19 heavy (non-hydrogen) atoms. The summed E-state index contributed by atoms with van der Waals surface area (Å²) in [5.41, 5.74) is 0. The monoisotopic (exact) mass is 296 g/mol. The van der Waals surface area contributed by atoms with Crippen LogP contribution in [0.25, 0.3) is 0 Å². The lowest BCUT2D eigenvalue weighted by Crippen LogP contribution is -2.44. The highest BCUT2D eigenvalue weighted by Gasteiger charge is 2.27. The number of carbonyl (C=O) groups excluding carboxylic acids is 1. The number of rotatable bonds is 4. The molecule has 1 aliphatic heterocycles. The van der Waals surface area contributed by atoms with Crippen LogP contribution in [0.3, 0.4) is 0 Å². The fourth-order valence-corrected chi connectivity index (χ4v) is 2.91. The van der Waals surface area contributed by atoms with Crippen LogP contribution >= 0.6 is 12.4 Å². The summed E-state index contributed by atoms with van der Waals surface area (Å²) >= 11 is 0. The Hall–Kier alpha value is -0.420. The number of carbonyl (C=O) groups is 1. The first-order valence-electron chi connectivity index (χ1n) is 6.95. The van der Waals surface area contributed by atoms with Gasteiger partial charge in [0, 0.05) is 12.0 Å². The highest BCUT2D eigenvalue weighted by molar-refractivity contribution is 5.85. The van der Waals surface area contributed by atoms with E-state index in [1.807, 2.05) is 4.90 Å². The van der Waals surface area contributed by atoms with Crippen LogP contribution in [0.1, 0.15) is 38.5 Å². The van der Waals surface area contributed by atoms with Crippen molar-refractivity contribution in [2.45, 2.75) is 51.0 Å². The molecule has 0 spiro atoms. The van der Waals surface area contributed by atoms with Gasteiger partial charge < -0.3 is 5.32 Å². The van der Waals surface area contributed by atoms with Crippen molar-refractivity contribution in [2.75, 3.05) is 19.6 Å². The molecule has 1 heterocycles. The molecule has 0 unspecified atom stereocenters. The van der Waals surface area contributed by atoms with E-state index in [2.05, 4.69) is 5.32 Å². The molecule has 2 aliphatic rings. The molecule has 1 saturated carbocycles. The van der Waals surface area contributed by atoms with Gasteiger partial charge in [0.2, 0.25) is 12.3 Å². The van der Waals surface area contributed by atoms with Crippen molar-refractivity contribution < 1.29 is 13.6 Å². The number of hydrogen-bond acceptors (Lipinski definition) is 2. The van der Waals surface area contributed by atoms with Crippen molar-refractivity contribution >= 4 is 18.3 Å². The predicted octanol–water partition coefficient (Wildman–Crippen LogP) is 2.44. The Balaban J connectivity index is 0.00000180. The third kappa shape index (κ3) is 5.22. The largest absolute Gasteiger partial charge is 0.352 e. The summed E-state index contributed by atoms with van der Waals surface area (Å²) in [6.07, 6.45) is 3.37. The third-order valence-electron chi connectivity index (χ3n) is 4.08. The fraction of sp³-hybridized carbons (Fsp3) is 0.923. The minimum Gasteiger partial charge on any atom is -0.352 e. The normalized spacial score (nSPS) is 22.5. The Bertz CT molecular complexity index is 278. The number of likely N-dealkylation sites (tertiary alicyclic amines) is 1. The molecule has 1 amide bonds. The minimum atomic E-state index is -2.21. The summed E-state index contributed by atoms with van der Waals surface area (Å²) < 4.78 is 25.0. The smallest absolute Gasteiger partial charge is 0.241 e. The third-order valence-corrected chi connectivity index (χ3v) is 4.08. The molecule has 0 radical (unpaired) electrons. The first-order chi connectivity index (χ1) is 8.65. The quantitative estimate of drug-likeness (QED) is 0.864. The van der Waals surface area contributed by atoms with E-state index in [-0.39, 0.29) is 18.3 Å². The molecule has 1 saturated heterocycles. The minimum absolute atomic E-state index is 0. The van der Waals surface area contributed by atoms with Gasteiger partial charge in [0.25, 0.3) is 0 Å². The van der Waals surface area contributed by atoms with Crippen molar-refractivity contribution in [3.63, 3.8) is 0 Å². The summed E-state index contributed by atoms with van der Waals surface area (Å²) in [5, 5.41) is 3.03. The summed E-state index contributed by atoms with van der Waals surface area (Å²) in [4.78, 5) is 13.8.